The van der Waals surface area contributed by atoms with Gasteiger partial charge in [0.25, 0.3) is 0 Å². The van der Waals surface area contributed by atoms with Crippen molar-refractivity contribution in [2.45, 2.75) is 29.6 Å². The van der Waals surface area contributed by atoms with Crippen LogP contribution in [-0.4, -0.2) is 68.5 Å². The molecule has 0 saturated carbocycles. The molecule has 12 heteroatoms. The average molecular weight is 431 g/mol. The van der Waals surface area contributed by atoms with Gasteiger partial charge in [0.1, 0.15) is 11.7 Å². The van der Waals surface area contributed by atoms with Gasteiger partial charge >= 0.3 is 18.1 Å². The summed E-state index contributed by atoms with van der Waals surface area (Å²) in [5.74, 6) is -3.08. The van der Waals surface area contributed by atoms with Crippen LogP contribution in [-0.2, 0) is 14.4 Å². The summed E-state index contributed by atoms with van der Waals surface area (Å²) in [5.41, 5.74) is 1.11. The molecule has 8 nitrogen and oxygen atoms in total. The van der Waals surface area contributed by atoms with Crippen molar-refractivity contribution in [1.82, 2.24) is 15.2 Å². The van der Waals surface area contributed by atoms with Gasteiger partial charge in [0, 0.05) is 29.0 Å². The van der Waals surface area contributed by atoms with Gasteiger partial charge in [-0.1, -0.05) is 0 Å². The van der Waals surface area contributed by atoms with Crippen LogP contribution in [0.3, 0.4) is 0 Å². The lowest BCUT2D eigenvalue weighted by molar-refractivity contribution is -0.192. The van der Waals surface area contributed by atoms with Crippen LogP contribution in [0.15, 0.2) is 40.7 Å². The number of carboxylic acids is 2. The molecule has 3 N–H and O–H groups in total. The van der Waals surface area contributed by atoms with Gasteiger partial charge in [-0.15, -0.1) is 11.8 Å². The standard InChI is InChI=1S/C15H15N3O3S.C2HF3O2/c19-14-11-12-9(3-6-17-11)10(13(15(20)21)18(12)14)7-22-8-1-4-16-5-2-8;3-2(4,5)1(6)7/h1-2,4-5,9,11-12,17H,3,6-7H2,(H,20,21);(H,6,7)/t9?,11-,12?;/m0./s1. The van der Waals surface area contributed by atoms with Gasteiger partial charge in [-0.25, -0.2) is 9.59 Å². The number of thioether (sulfide) groups is 1. The number of carbonyl (C=O) groups excluding carboxylic acids is 1. The summed E-state index contributed by atoms with van der Waals surface area (Å²) in [4.78, 5) is 39.2. The normalized spacial score (nSPS) is 25.0. The molecule has 0 spiro atoms. The topological polar surface area (TPSA) is 120 Å². The molecule has 156 valence electrons. The highest BCUT2D eigenvalue weighted by molar-refractivity contribution is 7.99. The number of amides is 1. The molecule has 3 aliphatic heterocycles. The Balaban J connectivity index is 0.000000298. The van der Waals surface area contributed by atoms with Gasteiger partial charge in [0.15, 0.2) is 0 Å². The van der Waals surface area contributed by atoms with E-state index in [0.717, 1.165) is 23.4 Å². The molecule has 2 unspecified atom stereocenters. The summed E-state index contributed by atoms with van der Waals surface area (Å²) in [6.07, 6.45) is -0.754. The lowest BCUT2D eigenvalue weighted by Gasteiger charge is -2.48. The second-order valence-corrected chi connectivity index (χ2v) is 7.53. The minimum Gasteiger partial charge on any atom is -0.477 e. The maximum atomic E-state index is 12.1. The van der Waals surface area contributed by atoms with Crippen molar-refractivity contribution in [1.29, 1.82) is 0 Å². The highest BCUT2D eigenvalue weighted by Crippen LogP contribution is 2.47. The lowest BCUT2D eigenvalue weighted by Crippen LogP contribution is -2.71. The third-order valence-corrected chi connectivity index (χ3v) is 5.92. The fraction of sp³-hybridized carbons (Fsp3) is 0.412. The zero-order valence-corrected chi connectivity index (χ0v) is 15.5. The minimum atomic E-state index is -5.08. The van der Waals surface area contributed by atoms with E-state index in [-0.39, 0.29) is 29.6 Å². The maximum Gasteiger partial charge on any atom is 0.490 e. The first-order valence-corrected chi connectivity index (χ1v) is 9.47. The molecular formula is C17H16F3N3O5S. The summed E-state index contributed by atoms with van der Waals surface area (Å²) in [6, 6.07) is 3.62. The zero-order chi connectivity index (χ0) is 21.3. The number of rotatable bonds is 4. The number of nitrogens with one attached hydrogen (secondary N) is 1. The molecule has 29 heavy (non-hydrogen) atoms. The Hall–Kier alpha value is -2.60. The van der Waals surface area contributed by atoms with Crippen LogP contribution in [0.4, 0.5) is 13.2 Å². The third kappa shape index (κ3) is 4.08. The van der Waals surface area contributed by atoms with Crippen molar-refractivity contribution in [3.8, 4) is 0 Å². The molecule has 3 aliphatic rings. The highest BCUT2D eigenvalue weighted by atomic mass is 32.2. The number of β-lactam (4-membered cyclic amide) rings is 1. The summed E-state index contributed by atoms with van der Waals surface area (Å²) >= 11 is 1.60. The Bertz CT molecular complexity index is 862. The number of hydrogen-bond donors (Lipinski definition) is 3. The molecule has 0 bridgehead atoms. The quantitative estimate of drug-likeness (QED) is 0.483. The van der Waals surface area contributed by atoms with Gasteiger partial charge < -0.3 is 15.5 Å². The van der Waals surface area contributed by atoms with Crippen LogP contribution in [0, 0.1) is 5.92 Å². The van der Waals surface area contributed by atoms with Crippen molar-refractivity contribution in [3.05, 3.63) is 35.8 Å². The lowest BCUT2D eigenvalue weighted by atomic mass is 9.80. The van der Waals surface area contributed by atoms with Gasteiger partial charge in [-0.3, -0.25) is 14.7 Å². The Morgan fingerprint density at radius 2 is 1.90 bits per heavy atom. The van der Waals surface area contributed by atoms with Crippen LogP contribution in [0.5, 0.6) is 0 Å². The number of alkyl halides is 3. The van der Waals surface area contributed by atoms with Gasteiger partial charge in [0.2, 0.25) is 5.91 Å². The number of pyridine rings is 1. The van der Waals surface area contributed by atoms with Crippen molar-refractivity contribution < 1.29 is 37.8 Å². The molecule has 3 atom stereocenters. The summed E-state index contributed by atoms with van der Waals surface area (Å²) in [5, 5.41) is 19.9. The average Bonchev–Trinajstić information content (AvgIpc) is 3.00. The number of hydrogen-bond acceptors (Lipinski definition) is 6. The molecule has 2 fully saturated rings. The van der Waals surface area contributed by atoms with E-state index in [1.54, 1.807) is 24.2 Å². The van der Waals surface area contributed by atoms with E-state index in [4.69, 9.17) is 9.90 Å². The predicted octanol–water partition coefficient (Wildman–Crippen LogP) is 1.35. The number of piperidine rings is 1. The van der Waals surface area contributed by atoms with Crippen molar-refractivity contribution in [2.75, 3.05) is 12.3 Å². The fourth-order valence-electron chi connectivity index (χ4n) is 3.68. The molecule has 0 aliphatic carbocycles. The van der Waals surface area contributed by atoms with Gasteiger partial charge in [-0.2, -0.15) is 13.2 Å². The SMILES string of the molecule is O=C(O)C(F)(F)F.O=C(O)C1=C(CSc2ccncc2)C2CCN[C@@H]3C(=O)N1C23. The minimum absolute atomic E-state index is 0.000361. The Labute approximate surface area is 166 Å². The van der Waals surface area contributed by atoms with E-state index in [9.17, 15) is 27.9 Å². The largest absolute Gasteiger partial charge is 0.490 e. The number of aliphatic carboxylic acids is 2. The van der Waals surface area contributed by atoms with Crippen LogP contribution < -0.4 is 5.32 Å². The zero-order valence-electron chi connectivity index (χ0n) is 14.7. The molecule has 1 aromatic heterocycles. The fourth-order valence-corrected chi connectivity index (χ4v) is 4.66. The predicted molar refractivity (Wildman–Crippen MR) is 93.8 cm³/mol. The van der Waals surface area contributed by atoms with E-state index in [2.05, 4.69) is 10.3 Å². The van der Waals surface area contributed by atoms with Crippen molar-refractivity contribution in [3.63, 3.8) is 0 Å². The highest BCUT2D eigenvalue weighted by Gasteiger charge is 2.60. The molecule has 0 aromatic carbocycles. The maximum absolute atomic E-state index is 12.1. The number of nitrogens with zero attached hydrogens (tertiary/aromatic N) is 2. The first-order valence-electron chi connectivity index (χ1n) is 8.48. The van der Waals surface area contributed by atoms with Gasteiger partial charge in [-0.05, 0) is 30.7 Å². The van der Waals surface area contributed by atoms with Crippen molar-refractivity contribution in [2.24, 2.45) is 5.92 Å². The second kappa shape index (κ2) is 8.03. The molecule has 4 heterocycles. The summed E-state index contributed by atoms with van der Waals surface area (Å²) in [6.45, 7) is 0.766. The van der Waals surface area contributed by atoms with E-state index >= 15 is 0 Å². The number of halogens is 3. The van der Waals surface area contributed by atoms with E-state index < -0.39 is 18.1 Å². The summed E-state index contributed by atoms with van der Waals surface area (Å²) < 4.78 is 31.7. The third-order valence-electron chi connectivity index (χ3n) is 4.86. The first-order chi connectivity index (χ1) is 13.6. The monoisotopic (exact) mass is 431 g/mol. The van der Waals surface area contributed by atoms with Gasteiger partial charge in [0.05, 0.1) is 6.04 Å². The van der Waals surface area contributed by atoms with Crippen LogP contribution >= 0.6 is 11.8 Å². The number of carbonyl (C=O) groups is 3. The Morgan fingerprint density at radius 3 is 2.45 bits per heavy atom. The van der Waals surface area contributed by atoms with E-state index in [0.29, 0.717) is 5.75 Å². The number of aromatic nitrogens is 1. The van der Waals surface area contributed by atoms with E-state index in [1.807, 2.05) is 12.1 Å². The molecule has 1 aromatic rings. The molecule has 1 amide bonds. The smallest absolute Gasteiger partial charge is 0.477 e. The Kier molecular flexibility index (Phi) is 5.85. The van der Waals surface area contributed by atoms with Crippen LogP contribution in [0.1, 0.15) is 6.42 Å². The Morgan fingerprint density at radius 1 is 1.28 bits per heavy atom. The first kappa shape index (κ1) is 21.1. The second-order valence-electron chi connectivity index (χ2n) is 6.48. The summed E-state index contributed by atoms with van der Waals surface area (Å²) in [7, 11) is 0. The molecular weight excluding hydrogens is 415 g/mol. The number of carboxylic acid groups (broad SMARTS) is 2. The van der Waals surface area contributed by atoms with Crippen molar-refractivity contribution >= 4 is 29.6 Å². The molecule has 0 radical (unpaired) electrons. The van der Waals surface area contributed by atoms with Crippen LogP contribution in [0.25, 0.3) is 0 Å². The molecule has 4 rings (SSSR count). The molecule has 2 saturated heterocycles. The van der Waals surface area contributed by atoms with E-state index in [1.165, 1.54) is 4.90 Å². The van der Waals surface area contributed by atoms with Crippen LogP contribution in [0.2, 0.25) is 0 Å².